The number of benzene rings is 2. The van der Waals surface area contributed by atoms with Crippen molar-refractivity contribution in [3.63, 3.8) is 0 Å². The van der Waals surface area contributed by atoms with Crippen molar-refractivity contribution in [2.24, 2.45) is 0 Å². The first-order chi connectivity index (χ1) is 14.3. The van der Waals surface area contributed by atoms with Crippen molar-refractivity contribution < 1.29 is 19.1 Å². The molecule has 1 heterocycles. The molecule has 0 aliphatic carbocycles. The molecule has 1 saturated heterocycles. The first-order valence-electron chi connectivity index (χ1n) is 9.45. The molecule has 8 heteroatoms. The molecule has 0 aromatic heterocycles. The molecule has 2 aromatic rings. The molecular weight excluding hydrogens is 563 g/mol. The normalized spacial score (nSPS) is 16.0. The van der Waals surface area contributed by atoms with Crippen LogP contribution in [0.4, 0.5) is 4.79 Å². The number of carbonyl (C=O) groups is 2. The van der Waals surface area contributed by atoms with E-state index in [0.29, 0.717) is 11.5 Å². The van der Waals surface area contributed by atoms with Crippen LogP contribution in [0.15, 0.2) is 46.6 Å². The second kappa shape index (κ2) is 9.82. The maximum atomic E-state index is 12.8. The first kappa shape index (κ1) is 22.6. The first-order valence-corrected chi connectivity index (χ1v) is 11.3. The molecule has 1 aliphatic rings. The number of ether oxygens (including phenoxy) is 2. The summed E-state index contributed by atoms with van der Waals surface area (Å²) in [6, 6.07) is 10.7. The van der Waals surface area contributed by atoms with Gasteiger partial charge in [0.2, 0.25) is 0 Å². The maximum Gasteiger partial charge on any atom is 0.329 e. The highest BCUT2D eigenvalue weighted by Gasteiger charge is 2.33. The lowest BCUT2D eigenvalue weighted by atomic mass is 10.1. The number of amides is 3. The van der Waals surface area contributed by atoms with Gasteiger partial charge >= 0.3 is 6.03 Å². The summed E-state index contributed by atoms with van der Waals surface area (Å²) in [5.74, 6) is 0.891. The van der Waals surface area contributed by atoms with E-state index in [1.54, 1.807) is 19.3 Å². The monoisotopic (exact) mass is 584 g/mol. The van der Waals surface area contributed by atoms with Gasteiger partial charge in [0.25, 0.3) is 5.91 Å². The Labute approximate surface area is 197 Å². The van der Waals surface area contributed by atoms with Gasteiger partial charge in [-0.1, -0.05) is 35.0 Å². The van der Waals surface area contributed by atoms with E-state index in [9.17, 15) is 9.59 Å². The van der Waals surface area contributed by atoms with Crippen molar-refractivity contribution in [2.45, 2.75) is 32.9 Å². The van der Waals surface area contributed by atoms with Gasteiger partial charge < -0.3 is 14.8 Å². The van der Waals surface area contributed by atoms with Crippen molar-refractivity contribution in [2.75, 3.05) is 7.11 Å². The van der Waals surface area contributed by atoms with Gasteiger partial charge in [0.15, 0.2) is 11.5 Å². The Hall–Kier alpha value is -2.07. The lowest BCUT2D eigenvalue weighted by Gasteiger charge is -2.17. The Balaban J connectivity index is 1.84. The summed E-state index contributed by atoms with van der Waals surface area (Å²) in [4.78, 5) is 26.3. The quantitative estimate of drug-likeness (QED) is 0.271. The van der Waals surface area contributed by atoms with Crippen LogP contribution in [0, 0.1) is 3.57 Å². The topological polar surface area (TPSA) is 67.9 Å². The number of rotatable bonds is 7. The number of imide groups is 1. The maximum absolute atomic E-state index is 12.8. The molecule has 2 aromatic carbocycles. The molecule has 3 rings (SSSR count). The van der Waals surface area contributed by atoms with Crippen LogP contribution in [0.3, 0.4) is 0 Å². The third-order valence-electron chi connectivity index (χ3n) is 4.67. The van der Waals surface area contributed by atoms with Gasteiger partial charge in [0.05, 0.1) is 23.3 Å². The van der Waals surface area contributed by atoms with E-state index in [2.05, 4.69) is 50.8 Å². The van der Waals surface area contributed by atoms with E-state index >= 15 is 0 Å². The Bertz CT molecular complexity index is 991. The highest BCUT2D eigenvalue weighted by Crippen LogP contribution is 2.35. The average molecular weight is 585 g/mol. The van der Waals surface area contributed by atoms with Crippen LogP contribution in [-0.2, 0) is 11.3 Å². The zero-order valence-corrected chi connectivity index (χ0v) is 20.6. The molecule has 3 amide bonds. The number of carbonyl (C=O) groups excluding carboxylic acids is 2. The van der Waals surface area contributed by atoms with Crippen molar-refractivity contribution in [1.82, 2.24) is 10.2 Å². The smallest absolute Gasteiger partial charge is 0.329 e. The van der Waals surface area contributed by atoms with Gasteiger partial charge in [0.1, 0.15) is 5.70 Å². The summed E-state index contributed by atoms with van der Waals surface area (Å²) in [5.41, 5.74) is 1.83. The fourth-order valence-electron chi connectivity index (χ4n) is 2.88. The average Bonchev–Trinajstić information content (AvgIpc) is 2.98. The number of hydrogen-bond acceptors (Lipinski definition) is 4. The number of halogens is 2. The molecule has 1 aliphatic heterocycles. The minimum atomic E-state index is -0.437. The van der Waals surface area contributed by atoms with Gasteiger partial charge in [0, 0.05) is 4.47 Å². The second-order valence-electron chi connectivity index (χ2n) is 6.88. The van der Waals surface area contributed by atoms with Crippen LogP contribution in [0.2, 0.25) is 0 Å². The second-order valence-corrected chi connectivity index (χ2v) is 8.95. The number of methoxy groups -OCH3 is 1. The van der Waals surface area contributed by atoms with Crippen molar-refractivity contribution in [3.05, 3.63) is 61.3 Å². The van der Waals surface area contributed by atoms with Crippen molar-refractivity contribution >= 4 is 56.5 Å². The molecule has 0 radical (unpaired) electrons. The highest BCUT2D eigenvalue weighted by atomic mass is 127. The molecule has 6 nitrogen and oxygen atoms in total. The lowest BCUT2D eigenvalue weighted by molar-refractivity contribution is -0.123. The number of hydrogen-bond donors (Lipinski definition) is 1. The van der Waals surface area contributed by atoms with E-state index in [1.807, 2.05) is 37.3 Å². The predicted octanol–water partition coefficient (Wildman–Crippen LogP) is 5.33. The summed E-state index contributed by atoms with van der Waals surface area (Å²) >= 11 is 5.56. The lowest BCUT2D eigenvalue weighted by Crippen LogP contribution is -2.30. The van der Waals surface area contributed by atoms with E-state index in [1.165, 1.54) is 4.90 Å². The molecule has 1 atom stereocenters. The third kappa shape index (κ3) is 5.15. The molecule has 1 N–H and O–H groups in total. The summed E-state index contributed by atoms with van der Waals surface area (Å²) in [7, 11) is 1.58. The molecule has 158 valence electrons. The molecule has 0 bridgehead atoms. The van der Waals surface area contributed by atoms with Crippen LogP contribution < -0.4 is 14.8 Å². The van der Waals surface area contributed by atoms with Crippen molar-refractivity contribution in [1.29, 1.82) is 0 Å². The number of nitrogens with one attached hydrogen (secondary N) is 1. The van der Waals surface area contributed by atoms with E-state index in [4.69, 9.17) is 9.47 Å². The Morgan fingerprint density at radius 1 is 1.23 bits per heavy atom. The SMILES string of the molecule is CC[C@H](C)Oc1c(I)cc(/C=C2/NC(=O)N(Cc3ccc(Br)cc3)C2=O)cc1OC. The van der Waals surface area contributed by atoms with E-state index in [0.717, 1.165) is 25.6 Å². The number of nitrogens with zero attached hydrogens (tertiary/aromatic N) is 1. The molecular formula is C22H22BrIN2O4. The van der Waals surface area contributed by atoms with Crippen molar-refractivity contribution in [3.8, 4) is 11.5 Å². The fourth-order valence-corrected chi connectivity index (χ4v) is 3.89. The summed E-state index contributed by atoms with van der Waals surface area (Å²) in [5, 5.41) is 2.66. The predicted molar refractivity (Wildman–Crippen MR) is 127 cm³/mol. The minimum Gasteiger partial charge on any atom is -0.493 e. The van der Waals surface area contributed by atoms with Gasteiger partial charge in [-0.3, -0.25) is 9.69 Å². The zero-order chi connectivity index (χ0) is 21.8. The Morgan fingerprint density at radius 2 is 1.93 bits per heavy atom. The van der Waals surface area contributed by atoms with E-state index in [-0.39, 0.29) is 24.3 Å². The van der Waals surface area contributed by atoms with Gasteiger partial charge in [-0.25, -0.2) is 4.79 Å². The summed E-state index contributed by atoms with van der Waals surface area (Å²) in [6.45, 7) is 4.26. The van der Waals surface area contributed by atoms with Crippen LogP contribution in [0.25, 0.3) is 6.08 Å². The highest BCUT2D eigenvalue weighted by molar-refractivity contribution is 14.1. The number of urea groups is 1. The summed E-state index contributed by atoms with van der Waals surface area (Å²) in [6.07, 6.45) is 2.58. The molecule has 1 fully saturated rings. The van der Waals surface area contributed by atoms with Crippen LogP contribution in [0.1, 0.15) is 31.4 Å². The largest absolute Gasteiger partial charge is 0.493 e. The van der Waals surface area contributed by atoms with Gasteiger partial charge in [-0.05, 0) is 77.4 Å². The van der Waals surface area contributed by atoms with E-state index < -0.39 is 6.03 Å². The minimum absolute atomic E-state index is 0.0551. The fraction of sp³-hybridized carbons (Fsp3) is 0.273. The molecule has 0 unspecified atom stereocenters. The summed E-state index contributed by atoms with van der Waals surface area (Å²) < 4.78 is 13.3. The molecule has 30 heavy (non-hydrogen) atoms. The zero-order valence-electron chi connectivity index (χ0n) is 16.9. The Morgan fingerprint density at radius 3 is 2.57 bits per heavy atom. The van der Waals surface area contributed by atoms with Gasteiger partial charge in [-0.2, -0.15) is 0 Å². The van der Waals surface area contributed by atoms with Crippen LogP contribution in [-0.4, -0.2) is 30.1 Å². The van der Waals surface area contributed by atoms with Crippen LogP contribution in [0.5, 0.6) is 11.5 Å². The molecule has 0 saturated carbocycles. The standard InChI is InChI=1S/C22H22BrIN2O4/c1-4-13(2)30-20-17(24)9-15(11-19(20)29-3)10-18-21(27)26(22(28)25-18)12-14-5-7-16(23)8-6-14/h5-11,13H,4,12H2,1-3H3,(H,25,28)/b18-10+/t13-/m0/s1. The Kier molecular flexibility index (Phi) is 7.41. The molecule has 0 spiro atoms. The van der Waals surface area contributed by atoms with Crippen LogP contribution >= 0.6 is 38.5 Å². The van der Waals surface area contributed by atoms with Gasteiger partial charge in [-0.15, -0.1) is 0 Å². The third-order valence-corrected chi connectivity index (χ3v) is 6.00.